The van der Waals surface area contributed by atoms with Crippen molar-refractivity contribution in [3.8, 4) is 0 Å². The first-order valence-corrected chi connectivity index (χ1v) is 14.6. The molecule has 1 N–H and O–H groups in total. The van der Waals surface area contributed by atoms with E-state index in [2.05, 4.69) is 0 Å². The molecule has 3 rings (SSSR count). The van der Waals surface area contributed by atoms with Crippen LogP contribution in [0.25, 0.3) is 0 Å². The molecule has 0 saturated carbocycles. The maximum atomic E-state index is 14.2. The second-order valence-corrected chi connectivity index (χ2v) is 13.4. The fourth-order valence-electron chi connectivity index (χ4n) is 5.50. The summed E-state index contributed by atoms with van der Waals surface area (Å²) in [5, 5.41) is 9.95. The van der Waals surface area contributed by atoms with Crippen LogP contribution in [0.5, 0.6) is 0 Å². The van der Waals surface area contributed by atoms with E-state index in [4.69, 9.17) is 23.2 Å². The number of sulfone groups is 1. The fourth-order valence-corrected chi connectivity index (χ4v) is 7.15. The standard InChI is InChI=1S/C27H33Cl2NO5S/c1-5-23(17(3)36(34,35)6-2)30-25(18-10-12-20(28)13-11-18)22(19-8-7-9-21(29)14-19)15-27(4,26(30)33)16-24(31)32/h7-14,17,22-23,25H,5-6,15-16H2,1-4H3,(H,31,32)/t17?,22-,23?,25-,27-/m1/s1. The summed E-state index contributed by atoms with van der Waals surface area (Å²) < 4.78 is 26.0. The lowest BCUT2D eigenvalue weighted by Crippen LogP contribution is -2.59. The van der Waals surface area contributed by atoms with Gasteiger partial charge in [-0.3, -0.25) is 9.59 Å². The maximum Gasteiger partial charge on any atom is 0.304 e. The Bertz CT molecular complexity index is 1220. The van der Waals surface area contributed by atoms with Crippen molar-refractivity contribution in [3.05, 3.63) is 69.7 Å². The van der Waals surface area contributed by atoms with Crippen LogP contribution in [0.4, 0.5) is 0 Å². The Morgan fingerprint density at radius 2 is 1.75 bits per heavy atom. The molecule has 0 radical (unpaired) electrons. The first kappa shape index (κ1) is 28.5. The van der Waals surface area contributed by atoms with Crippen molar-refractivity contribution in [2.24, 2.45) is 5.41 Å². The topological polar surface area (TPSA) is 91.8 Å². The monoisotopic (exact) mass is 553 g/mol. The Morgan fingerprint density at radius 3 is 2.28 bits per heavy atom. The van der Waals surface area contributed by atoms with Gasteiger partial charge >= 0.3 is 5.97 Å². The number of benzene rings is 2. The normalized spacial score (nSPS) is 24.4. The van der Waals surface area contributed by atoms with E-state index in [1.807, 2.05) is 37.3 Å². The zero-order valence-corrected chi connectivity index (χ0v) is 23.3. The number of aliphatic carboxylic acids is 1. The molecule has 1 aliphatic rings. The van der Waals surface area contributed by atoms with E-state index < -0.39 is 38.6 Å². The summed E-state index contributed by atoms with van der Waals surface area (Å²) in [4.78, 5) is 27.8. The van der Waals surface area contributed by atoms with Gasteiger partial charge in [0.05, 0.1) is 23.1 Å². The van der Waals surface area contributed by atoms with E-state index >= 15 is 0 Å². The van der Waals surface area contributed by atoms with E-state index in [1.165, 1.54) is 0 Å². The van der Waals surface area contributed by atoms with Gasteiger partial charge in [-0.2, -0.15) is 0 Å². The minimum absolute atomic E-state index is 0.0532. The molecule has 5 atom stereocenters. The predicted molar refractivity (Wildman–Crippen MR) is 143 cm³/mol. The lowest BCUT2D eigenvalue weighted by Gasteiger charge is -2.52. The number of carboxylic acids is 1. The summed E-state index contributed by atoms with van der Waals surface area (Å²) in [5.74, 6) is -1.81. The summed E-state index contributed by atoms with van der Waals surface area (Å²) in [7, 11) is -3.50. The second-order valence-electron chi connectivity index (χ2n) is 9.84. The average Bonchev–Trinajstić information content (AvgIpc) is 2.82. The van der Waals surface area contributed by atoms with Gasteiger partial charge < -0.3 is 10.0 Å². The van der Waals surface area contributed by atoms with Crippen molar-refractivity contribution in [3.63, 3.8) is 0 Å². The lowest BCUT2D eigenvalue weighted by molar-refractivity contribution is -0.160. The number of halogens is 2. The van der Waals surface area contributed by atoms with Crippen LogP contribution in [-0.2, 0) is 19.4 Å². The highest BCUT2D eigenvalue weighted by molar-refractivity contribution is 7.92. The minimum Gasteiger partial charge on any atom is -0.481 e. The van der Waals surface area contributed by atoms with E-state index in [0.717, 1.165) is 11.1 Å². The molecule has 2 aromatic rings. The molecule has 9 heteroatoms. The highest BCUT2D eigenvalue weighted by Gasteiger charge is 2.53. The highest BCUT2D eigenvalue weighted by atomic mass is 35.5. The molecule has 2 unspecified atom stereocenters. The van der Waals surface area contributed by atoms with Crippen LogP contribution in [0.15, 0.2) is 48.5 Å². The molecule has 0 aromatic heterocycles. The van der Waals surface area contributed by atoms with Gasteiger partial charge in [-0.25, -0.2) is 8.42 Å². The molecule has 1 fully saturated rings. The zero-order chi connectivity index (χ0) is 26.8. The van der Waals surface area contributed by atoms with E-state index in [9.17, 15) is 23.1 Å². The number of carbonyl (C=O) groups is 2. The van der Waals surface area contributed by atoms with Gasteiger partial charge in [0.25, 0.3) is 0 Å². The number of carboxylic acid groups (broad SMARTS) is 1. The number of hydrogen-bond acceptors (Lipinski definition) is 4. The molecule has 0 spiro atoms. The highest BCUT2D eigenvalue weighted by Crippen LogP contribution is 2.52. The fraction of sp³-hybridized carbons (Fsp3) is 0.481. The summed E-state index contributed by atoms with van der Waals surface area (Å²) in [6, 6.07) is 13.3. The van der Waals surface area contributed by atoms with Crippen molar-refractivity contribution in [2.45, 2.75) is 70.2 Å². The molecular formula is C27H33Cl2NO5S. The molecule has 0 aliphatic carbocycles. The number of rotatable bonds is 9. The Labute approximate surface area is 223 Å². The van der Waals surface area contributed by atoms with Crippen molar-refractivity contribution < 1.29 is 23.1 Å². The van der Waals surface area contributed by atoms with Crippen LogP contribution in [0.3, 0.4) is 0 Å². The molecule has 1 saturated heterocycles. The zero-order valence-electron chi connectivity index (χ0n) is 20.9. The molecule has 1 aliphatic heterocycles. The van der Waals surface area contributed by atoms with Gasteiger partial charge in [-0.1, -0.05) is 68.2 Å². The van der Waals surface area contributed by atoms with Gasteiger partial charge in [0.2, 0.25) is 5.91 Å². The third-order valence-electron chi connectivity index (χ3n) is 7.42. The van der Waals surface area contributed by atoms with Crippen LogP contribution >= 0.6 is 23.2 Å². The SMILES string of the molecule is CCC(C(C)S(=O)(=O)CC)N1C(=O)[C@@](C)(CC(=O)O)C[C@H](c2cccc(Cl)c2)[C@H]1c1ccc(Cl)cc1. The molecule has 1 amide bonds. The average molecular weight is 555 g/mol. The molecule has 1 heterocycles. The summed E-state index contributed by atoms with van der Waals surface area (Å²) >= 11 is 12.5. The minimum atomic E-state index is -3.50. The number of likely N-dealkylation sites (tertiary alicyclic amines) is 1. The molecule has 36 heavy (non-hydrogen) atoms. The van der Waals surface area contributed by atoms with Crippen molar-refractivity contribution in [2.75, 3.05) is 5.75 Å². The largest absolute Gasteiger partial charge is 0.481 e. The Balaban J connectivity index is 2.30. The first-order chi connectivity index (χ1) is 16.8. The lowest BCUT2D eigenvalue weighted by atomic mass is 9.67. The molecule has 0 bridgehead atoms. The summed E-state index contributed by atoms with van der Waals surface area (Å²) in [5.41, 5.74) is 0.428. The number of carbonyl (C=O) groups excluding carboxylic acids is 1. The van der Waals surface area contributed by atoms with Gasteiger partial charge in [-0.15, -0.1) is 0 Å². The summed E-state index contributed by atoms with van der Waals surface area (Å²) in [6.07, 6.45) is 0.299. The Kier molecular flexibility index (Phi) is 8.79. The van der Waals surface area contributed by atoms with Gasteiger partial charge in [0.15, 0.2) is 9.84 Å². The van der Waals surface area contributed by atoms with Crippen LogP contribution in [-0.4, -0.2) is 47.3 Å². The summed E-state index contributed by atoms with van der Waals surface area (Å²) in [6.45, 7) is 6.75. The smallest absolute Gasteiger partial charge is 0.304 e. The second kappa shape index (κ2) is 11.1. The van der Waals surface area contributed by atoms with Crippen LogP contribution in [0.2, 0.25) is 10.0 Å². The molecule has 2 aromatic carbocycles. The maximum absolute atomic E-state index is 14.2. The van der Waals surface area contributed by atoms with Crippen molar-refractivity contribution in [1.82, 2.24) is 4.90 Å². The van der Waals surface area contributed by atoms with E-state index in [1.54, 1.807) is 43.9 Å². The van der Waals surface area contributed by atoms with Crippen LogP contribution in [0, 0.1) is 5.41 Å². The van der Waals surface area contributed by atoms with Crippen molar-refractivity contribution >= 4 is 44.9 Å². The Morgan fingerprint density at radius 1 is 1.11 bits per heavy atom. The Hall–Kier alpha value is -2.09. The number of amides is 1. The van der Waals surface area contributed by atoms with Crippen LogP contribution < -0.4 is 0 Å². The molecule has 6 nitrogen and oxygen atoms in total. The number of nitrogens with zero attached hydrogens (tertiary/aromatic N) is 1. The third-order valence-corrected chi connectivity index (χ3v) is 10.2. The number of piperidine rings is 1. The predicted octanol–water partition coefficient (Wildman–Crippen LogP) is 6.13. The first-order valence-electron chi connectivity index (χ1n) is 12.1. The number of hydrogen-bond donors (Lipinski definition) is 1. The molecular weight excluding hydrogens is 521 g/mol. The van der Waals surface area contributed by atoms with Crippen molar-refractivity contribution in [1.29, 1.82) is 0 Å². The van der Waals surface area contributed by atoms with Crippen LogP contribution in [0.1, 0.15) is 70.0 Å². The van der Waals surface area contributed by atoms with Gasteiger partial charge in [-0.05, 0) is 55.2 Å². The third kappa shape index (κ3) is 5.74. The van der Waals surface area contributed by atoms with Gasteiger partial charge in [0.1, 0.15) is 0 Å². The van der Waals surface area contributed by atoms with E-state index in [-0.39, 0.29) is 30.4 Å². The molecule has 196 valence electrons. The van der Waals surface area contributed by atoms with E-state index in [0.29, 0.717) is 16.5 Å². The quantitative estimate of drug-likeness (QED) is 0.403. The van der Waals surface area contributed by atoms with Gasteiger partial charge in [0, 0.05) is 27.8 Å².